The van der Waals surface area contributed by atoms with Crippen LogP contribution in [0.2, 0.25) is 0 Å². The van der Waals surface area contributed by atoms with Gasteiger partial charge in [0.05, 0.1) is 0 Å². The van der Waals surface area contributed by atoms with Gasteiger partial charge in [-0.15, -0.1) is 11.6 Å². The smallest absolute Gasteiger partial charge is 0.202 e. The maximum Gasteiger partial charge on any atom is 0.202 e. The van der Waals surface area contributed by atoms with Crippen LogP contribution in [0.15, 0.2) is 42.7 Å². The number of rotatable bonds is 5. The summed E-state index contributed by atoms with van der Waals surface area (Å²) in [4.78, 5) is 4.24. The minimum Gasteiger partial charge on any atom is -0.351 e. The lowest BCUT2D eigenvalue weighted by Gasteiger charge is -2.16. The molecule has 0 radical (unpaired) electrons. The molecule has 0 saturated carbocycles. The molecule has 1 heterocycles. The van der Waals surface area contributed by atoms with E-state index in [0.29, 0.717) is 5.88 Å². The predicted molar refractivity (Wildman–Crippen MR) is 71.5 cm³/mol. The van der Waals surface area contributed by atoms with Crippen molar-refractivity contribution < 1.29 is 0 Å². The fourth-order valence-electron chi connectivity index (χ4n) is 1.73. The molecule has 0 saturated heterocycles. The first-order chi connectivity index (χ1) is 8.29. The van der Waals surface area contributed by atoms with Crippen molar-refractivity contribution in [1.29, 1.82) is 0 Å². The van der Waals surface area contributed by atoms with E-state index in [0.717, 1.165) is 12.4 Å². The Bertz CT molecular complexity index is 453. The number of hydrogen-bond donors (Lipinski definition) is 1. The number of nitrogens with zero attached hydrogens (tertiary/aromatic N) is 2. The van der Waals surface area contributed by atoms with Gasteiger partial charge in [0, 0.05) is 31.4 Å². The lowest BCUT2D eigenvalue weighted by molar-refractivity contribution is 0.767. The highest BCUT2D eigenvalue weighted by atomic mass is 35.5. The van der Waals surface area contributed by atoms with E-state index in [-0.39, 0.29) is 6.04 Å². The molecular formula is C13H16ClN3. The molecular weight excluding hydrogens is 234 g/mol. The van der Waals surface area contributed by atoms with Gasteiger partial charge in [0.2, 0.25) is 5.95 Å². The summed E-state index contributed by atoms with van der Waals surface area (Å²) in [7, 11) is 1.96. The van der Waals surface area contributed by atoms with E-state index < -0.39 is 0 Å². The molecule has 2 rings (SSSR count). The van der Waals surface area contributed by atoms with Gasteiger partial charge in [-0.1, -0.05) is 30.3 Å². The van der Waals surface area contributed by atoms with E-state index in [2.05, 4.69) is 22.4 Å². The molecule has 1 aromatic heterocycles. The number of benzene rings is 1. The van der Waals surface area contributed by atoms with E-state index in [1.165, 1.54) is 5.56 Å². The number of hydrogen-bond acceptors (Lipinski definition) is 2. The van der Waals surface area contributed by atoms with E-state index in [1.54, 1.807) is 6.20 Å². The zero-order chi connectivity index (χ0) is 12.1. The fourth-order valence-corrected chi connectivity index (χ4v) is 1.92. The van der Waals surface area contributed by atoms with Crippen molar-refractivity contribution in [2.45, 2.75) is 12.5 Å². The quantitative estimate of drug-likeness (QED) is 0.826. The Labute approximate surface area is 106 Å². The first-order valence-electron chi connectivity index (χ1n) is 5.63. The molecule has 1 atom stereocenters. The van der Waals surface area contributed by atoms with Crippen LogP contribution < -0.4 is 5.32 Å². The number of halogens is 1. The van der Waals surface area contributed by atoms with Crippen molar-refractivity contribution in [3.63, 3.8) is 0 Å². The van der Waals surface area contributed by atoms with E-state index in [1.807, 2.05) is 36.0 Å². The SMILES string of the molecule is Cn1ccnc1NC(CCl)Cc1ccccc1. The van der Waals surface area contributed by atoms with Crippen molar-refractivity contribution in [2.24, 2.45) is 7.05 Å². The highest BCUT2D eigenvalue weighted by Gasteiger charge is 2.10. The first-order valence-corrected chi connectivity index (χ1v) is 6.17. The molecule has 0 aliphatic heterocycles. The monoisotopic (exact) mass is 249 g/mol. The zero-order valence-electron chi connectivity index (χ0n) is 9.81. The summed E-state index contributed by atoms with van der Waals surface area (Å²) in [5.41, 5.74) is 1.28. The summed E-state index contributed by atoms with van der Waals surface area (Å²) in [6, 6.07) is 10.5. The lowest BCUT2D eigenvalue weighted by Crippen LogP contribution is -2.25. The summed E-state index contributed by atoms with van der Waals surface area (Å²) in [6.07, 6.45) is 4.59. The normalized spacial score (nSPS) is 12.4. The van der Waals surface area contributed by atoms with E-state index in [9.17, 15) is 0 Å². The topological polar surface area (TPSA) is 29.9 Å². The molecule has 0 fully saturated rings. The van der Waals surface area contributed by atoms with Crippen molar-refractivity contribution in [3.05, 3.63) is 48.3 Å². The highest BCUT2D eigenvalue weighted by molar-refractivity contribution is 6.18. The average molecular weight is 250 g/mol. The van der Waals surface area contributed by atoms with Crippen molar-refractivity contribution in [2.75, 3.05) is 11.2 Å². The Hall–Kier alpha value is -1.48. The van der Waals surface area contributed by atoms with Crippen LogP contribution in [0.5, 0.6) is 0 Å². The summed E-state index contributed by atoms with van der Waals surface area (Å²) >= 11 is 5.99. The Morgan fingerprint density at radius 1 is 1.35 bits per heavy atom. The third-order valence-corrected chi connectivity index (χ3v) is 3.04. The summed E-state index contributed by atoms with van der Waals surface area (Å²) in [5.74, 6) is 1.41. The van der Waals surface area contributed by atoms with Gasteiger partial charge in [-0.05, 0) is 12.0 Å². The van der Waals surface area contributed by atoms with Gasteiger partial charge in [0.1, 0.15) is 0 Å². The molecule has 17 heavy (non-hydrogen) atoms. The maximum absolute atomic E-state index is 5.99. The van der Waals surface area contributed by atoms with Gasteiger partial charge >= 0.3 is 0 Å². The Morgan fingerprint density at radius 2 is 2.12 bits per heavy atom. The molecule has 1 N–H and O–H groups in total. The van der Waals surface area contributed by atoms with E-state index in [4.69, 9.17) is 11.6 Å². The number of aromatic nitrogens is 2. The predicted octanol–water partition coefficient (Wildman–Crippen LogP) is 2.68. The second kappa shape index (κ2) is 5.73. The molecule has 3 nitrogen and oxygen atoms in total. The minimum absolute atomic E-state index is 0.195. The third-order valence-electron chi connectivity index (χ3n) is 2.67. The second-order valence-corrected chi connectivity index (χ2v) is 4.36. The highest BCUT2D eigenvalue weighted by Crippen LogP contribution is 2.10. The van der Waals surface area contributed by atoms with Crippen molar-refractivity contribution in [1.82, 2.24) is 9.55 Å². The molecule has 0 aliphatic carbocycles. The van der Waals surface area contributed by atoms with Crippen LogP contribution in [0, 0.1) is 0 Å². The van der Waals surface area contributed by atoms with Gasteiger partial charge in [-0.2, -0.15) is 0 Å². The van der Waals surface area contributed by atoms with Crippen LogP contribution in [0.3, 0.4) is 0 Å². The summed E-state index contributed by atoms with van der Waals surface area (Å²) in [6.45, 7) is 0. The molecule has 2 aromatic rings. The molecule has 4 heteroatoms. The standard InChI is InChI=1S/C13H16ClN3/c1-17-8-7-15-13(17)16-12(10-14)9-11-5-3-2-4-6-11/h2-8,12H,9-10H2,1H3,(H,15,16). The van der Waals surface area contributed by atoms with Crippen LogP contribution in [0.1, 0.15) is 5.56 Å². The van der Waals surface area contributed by atoms with Crippen LogP contribution in [-0.2, 0) is 13.5 Å². The van der Waals surface area contributed by atoms with Gasteiger partial charge in [0.15, 0.2) is 0 Å². The largest absolute Gasteiger partial charge is 0.351 e. The molecule has 0 aliphatic rings. The molecule has 0 amide bonds. The first kappa shape index (κ1) is 12.0. The molecule has 1 aromatic carbocycles. The van der Waals surface area contributed by atoms with Crippen molar-refractivity contribution >= 4 is 17.5 Å². The van der Waals surface area contributed by atoms with Gasteiger partial charge in [-0.25, -0.2) is 4.98 Å². The molecule has 0 bridgehead atoms. The summed E-state index contributed by atoms with van der Waals surface area (Å²) < 4.78 is 1.95. The molecule has 90 valence electrons. The number of anilines is 1. The van der Waals surface area contributed by atoms with Crippen LogP contribution in [-0.4, -0.2) is 21.5 Å². The van der Waals surface area contributed by atoms with Crippen molar-refractivity contribution in [3.8, 4) is 0 Å². The van der Waals surface area contributed by atoms with Gasteiger partial charge in [0.25, 0.3) is 0 Å². The Morgan fingerprint density at radius 3 is 2.71 bits per heavy atom. The second-order valence-electron chi connectivity index (χ2n) is 4.05. The van der Waals surface area contributed by atoms with Gasteiger partial charge < -0.3 is 9.88 Å². The van der Waals surface area contributed by atoms with Crippen LogP contribution in [0.4, 0.5) is 5.95 Å². The fraction of sp³-hybridized carbons (Fsp3) is 0.308. The average Bonchev–Trinajstić information content (AvgIpc) is 2.75. The maximum atomic E-state index is 5.99. The number of nitrogens with one attached hydrogen (secondary N) is 1. The number of alkyl halides is 1. The number of aryl methyl sites for hydroxylation is 1. The third kappa shape index (κ3) is 3.24. The van der Waals surface area contributed by atoms with Crippen LogP contribution >= 0.6 is 11.6 Å². The molecule has 0 spiro atoms. The Kier molecular flexibility index (Phi) is 4.04. The summed E-state index contributed by atoms with van der Waals surface area (Å²) in [5, 5.41) is 3.35. The van der Waals surface area contributed by atoms with E-state index >= 15 is 0 Å². The lowest BCUT2D eigenvalue weighted by atomic mass is 10.1. The zero-order valence-corrected chi connectivity index (χ0v) is 10.6. The Balaban J connectivity index is 2.00. The minimum atomic E-state index is 0.195. The van der Waals surface area contributed by atoms with Gasteiger partial charge in [-0.3, -0.25) is 0 Å². The number of imidazole rings is 1. The van der Waals surface area contributed by atoms with Crippen LogP contribution in [0.25, 0.3) is 0 Å². The molecule has 1 unspecified atom stereocenters.